The molecule has 0 aliphatic heterocycles. The number of nitrogens with two attached hydrogens (primary N) is 1. The molecule has 0 radical (unpaired) electrons. The molecule has 0 aliphatic rings. The van der Waals surface area contributed by atoms with Crippen molar-refractivity contribution in [3.05, 3.63) is 0 Å². The Labute approximate surface area is 95.0 Å². The quantitative estimate of drug-likeness (QED) is 0.706. The molecule has 0 rings (SSSR count). The Morgan fingerprint density at radius 3 is 2.27 bits per heavy atom. The Bertz CT molecular complexity index is 175. The van der Waals surface area contributed by atoms with E-state index in [1.54, 1.807) is 7.11 Å². The smallest absolute Gasteiger partial charge is 0.0736 e. The fourth-order valence-electron chi connectivity index (χ4n) is 1.97. The van der Waals surface area contributed by atoms with E-state index in [-0.39, 0.29) is 11.6 Å². The third-order valence-electron chi connectivity index (χ3n) is 3.82. The van der Waals surface area contributed by atoms with Crippen molar-refractivity contribution < 1.29 is 4.74 Å². The number of hydrogen-bond donors (Lipinski definition) is 1. The summed E-state index contributed by atoms with van der Waals surface area (Å²) in [6.45, 7) is 9.34. The average molecular weight is 216 g/mol. The number of hydrogen-bond acceptors (Lipinski definition) is 3. The van der Waals surface area contributed by atoms with Gasteiger partial charge in [-0.1, -0.05) is 13.3 Å². The third-order valence-corrected chi connectivity index (χ3v) is 3.82. The van der Waals surface area contributed by atoms with Crippen LogP contribution in [0.3, 0.4) is 0 Å². The molecule has 0 saturated carbocycles. The third kappa shape index (κ3) is 3.44. The zero-order valence-corrected chi connectivity index (χ0v) is 11.2. The van der Waals surface area contributed by atoms with Gasteiger partial charge in [-0.15, -0.1) is 0 Å². The Morgan fingerprint density at radius 1 is 1.40 bits per heavy atom. The molecule has 0 aromatic rings. The van der Waals surface area contributed by atoms with E-state index in [4.69, 9.17) is 10.5 Å². The van der Waals surface area contributed by atoms with Crippen molar-refractivity contribution in [2.45, 2.75) is 58.2 Å². The van der Waals surface area contributed by atoms with E-state index in [0.717, 1.165) is 0 Å². The first-order valence-corrected chi connectivity index (χ1v) is 5.89. The van der Waals surface area contributed by atoms with E-state index in [1.165, 1.54) is 12.8 Å². The molecule has 0 amide bonds. The molecule has 0 spiro atoms. The SMILES string of the molecule is CCCC(C)N(C)C(C)(CN)C(C)OC. The fourth-order valence-corrected chi connectivity index (χ4v) is 1.97. The van der Waals surface area contributed by atoms with Crippen LogP contribution in [0, 0.1) is 0 Å². The zero-order valence-electron chi connectivity index (χ0n) is 11.2. The summed E-state index contributed by atoms with van der Waals surface area (Å²) in [5.41, 5.74) is 5.82. The van der Waals surface area contributed by atoms with Gasteiger partial charge in [-0.25, -0.2) is 0 Å². The van der Waals surface area contributed by atoms with Gasteiger partial charge in [-0.3, -0.25) is 4.90 Å². The normalized spacial score (nSPS) is 20.0. The Kier molecular flexibility index (Phi) is 6.41. The monoisotopic (exact) mass is 216 g/mol. The number of likely N-dealkylation sites (N-methyl/N-ethyl adjacent to an activating group) is 1. The molecule has 15 heavy (non-hydrogen) atoms. The summed E-state index contributed by atoms with van der Waals surface area (Å²) < 4.78 is 5.43. The maximum Gasteiger partial charge on any atom is 0.0736 e. The van der Waals surface area contributed by atoms with Crippen LogP contribution >= 0.6 is 0 Å². The number of methoxy groups -OCH3 is 1. The highest BCUT2D eigenvalue weighted by Gasteiger charge is 2.36. The molecule has 92 valence electrons. The van der Waals surface area contributed by atoms with Crippen molar-refractivity contribution in [1.29, 1.82) is 0 Å². The Balaban J connectivity index is 4.63. The van der Waals surface area contributed by atoms with Crippen LogP contribution in [0.1, 0.15) is 40.5 Å². The van der Waals surface area contributed by atoms with Gasteiger partial charge in [0.1, 0.15) is 0 Å². The molecule has 0 aliphatic carbocycles. The topological polar surface area (TPSA) is 38.5 Å². The summed E-state index contributed by atoms with van der Waals surface area (Å²) in [7, 11) is 3.89. The molecule has 3 unspecified atom stereocenters. The van der Waals surface area contributed by atoms with Gasteiger partial charge in [-0.05, 0) is 34.2 Å². The minimum atomic E-state index is -0.0800. The van der Waals surface area contributed by atoms with Crippen molar-refractivity contribution in [2.75, 3.05) is 20.7 Å². The van der Waals surface area contributed by atoms with Crippen LogP contribution in [0.5, 0.6) is 0 Å². The lowest BCUT2D eigenvalue weighted by Gasteiger charge is -2.45. The van der Waals surface area contributed by atoms with Gasteiger partial charge in [-0.2, -0.15) is 0 Å². The first kappa shape index (κ1) is 14.9. The molecular formula is C12H28N2O. The predicted molar refractivity (Wildman–Crippen MR) is 66.1 cm³/mol. The molecule has 0 saturated heterocycles. The van der Waals surface area contributed by atoms with Crippen LogP contribution < -0.4 is 5.73 Å². The number of rotatable bonds is 7. The highest BCUT2D eigenvalue weighted by Crippen LogP contribution is 2.23. The lowest BCUT2D eigenvalue weighted by Crippen LogP contribution is -2.59. The second-order valence-electron chi connectivity index (χ2n) is 4.69. The Morgan fingerprint density at radius 2 is 1.93 bits per heavy atom. The summed E-state index contributed by atoms with van der Waals surface area (Å²) >= 11 is 0. The molecule has 0 fully saturated rings. The van der Waals surface area contributed by atoms with Gasteiger partial charge in [0.05, 0.1) is 11.6 Å². The van der Waals surface area contributed by atoms with Crippen molar-refractivity contribution >= 4 is 0 Å². The molecule has 0 heterocycles. The Hall–Kier alpha value is -0.120. The molecule has 0 aromatic carbocycles. The lowest BCUT2D eigenvalue weighted by molar-refractivity contribution is -0.0360. The second-order valence-corrected chi connectivity index (χ2v) is 4.69. The zero-order chi connectivity index (χ0) is 12.1. The van der Waals surface area contributed by atoms with Crippen molar-refractivity contribution in [1.82, 2.24) is 4.90 Å². The highest BCUT2D eigenvalue weighted by molar-refractivity contribution is 4.93. The van der Waals surface area contributed by atoms with Crippen LogP contribution in [0.15, 0.2) is 0 Å². The maximum absolute atomic E-state index is 5.90. The lowest BCUT2D eigenvalue weighted by atomic mass is 9.91. The summed E-state index contributed by atoms with van der Waals surface area (Å²) in [4.78, 5) is 2.35. The molecule has 3 heteroatoms. The van der Waals surface area contributed by atoms with Crippen molar-refractivity contribution in [2.24, 2.45) is 5.73 Å². The first-order valence-electron chi connectivity index (χ1n) is 5.89. The summed E-state index contributed by atoms with van der Waals surface area (Å²) in [5, 5.41) is 0. The van der Waals surface area contributed by atoms with Crippen molar-refractivity contribution in [3.63, 3.8) is 0 Å². The van der Waals surface area contributed by atoms with Crippen LogP contribution in [0.25, 0.3) is 0 Å². The molecule has 3 nitrogen and oxygen atoms in total. The fraction of sp³-hybridized carbons (Fsp3) is 1.00. The summed E-state index contributed by atoms with van der Waals surface area (Å²) in [6.07, 6.45) is 2.54. The van der Waals surface area contributed by atoms with Gasteiger partial charge in [0.15, 0.2) is 0 Å². The minimum Gasteiger partial charge on any atom is -0.380 e. The van der Waals surface area contributed by atoms with E-state index in [1.807, 2.05) is 0 Å². The summed E-state index contributed by atoms with van der Waals surface area (Å²) in [5.74, 6) is 0. The van der Waals surface area contributed by atoms with Crippen LogP contribution in [-0.4, -0.2) is 43.3 Å². The van der Waals surface area contributed by atoms with E-state index in [2.05, 4.69) is 39.6 Å². The van der Waals surface area contributed by atoms with Crippen LogP contribution in [0.2, 0.25) is 0 Å². The predicted octanol–water partition coefficient (Wildman–Crippen LogP) is 1.86. The second kappa shape index (κ2) is 6.46. The van der Waals surface area contributed by atoms with Gasteiger partial charge >= 0.3 is 0 Å². The number of ether oxygens (including phenoxy) is 1. The van der Waals surface area contributed by atoms with Gasteiger partial charge < -0.3 is 10.5 Å². The molecular weight excluding hydrogens is 188 g/mol. The first-order chi connectivity index (χ1) is 6.93. The van der Waals surface area contributed by atoms with Crippen LogP contribution in [0.4, 0.5) is 0 Å². The minimum absolute atomic E-state index is 0.0800. The van der Waals surface area contributed by atoms with E-state index >= 15 is 0 Å². The van der Waals surface area contributed by atoms with E-state index in [9.17, 15) is 0 Å². The van der Waals surface area contributed by atoms with Crippen molar-refractivity contribution in [3.8, 4) is 0 Å². The largest absolute Gasteiger partial charge is 0.380 e. The number of nitrogens with zero attached hydrogens (tertiary/aromatic N) is 1. The van der Waals surface area contributed by atoms with Gasteiger partial charge in [0.2, 0.25) is 0 Å². The molecule has 0 aromatic heterocycles. The van der Waals surface area contributed by atoms with E-state index < -0.39 is 0 Å². The highest BCUT2D eigenvalue weighted by atomic mass is 16.5. The standard InChI is InChI=1S/C12H28N2O/c1-7-8-10(2)14(5)12(4,9-13)11(3)15-6/h10-11H,7-9,13H2,1-6H3. The molecule has 3 atom stereocenters. The van der Waals surface area contributed by atoms with Gasteiger partial charge in [0, 0.05) is 19.7 Å². The van der Waals surface area contributed by atoms with Crippen LogP contribution in [-0.2, 0) is 4.74 Å². The molecule has 0 bridgehead atoms. The summed E-state index contributed by atoms with van der Waals surface area (Å²) in [6, 6.07) is 0.543. The maximum atomic E-state index is 5.90. The van der Waals surface area contributed by atoms with E-state index in [0.29, 0.717) is 12.6 Å². The average Bonchev–Trinajstić information content (AvgIpc) is 2.26. The van der Waals surface area contributed by atoms with Gasteiger partial charge in [0.25, 0.3) is 0 Å². The molecule has 2 N–H and O–H groups in total.